The summed E-state index contributed by atoms with van der Waals surface area (Å²) in [5, 5.41) is 7.46. The van der Waals surface area contributed by atoms with Crippen LogP contribution in [0.2, 0.25) is 0 Å². The molecular formula is C42H55N5O7S. The number of rotatable bonds is 6. The first-order chi connectivity index (χ1) is 26.3. The van der Waals surface area contributed by atoms with Crippen LogP contribution in [-0.4, -0.2) is 82.9 Å². The van der Waals surface area contributed by atoms with Gasteiger partial charge in [-0.2, -0.15) is 0 Å². The van der Waals surface area contributed by atoms with Crippen LogP contribution in [0.15, 0.2) is 36.4 Å². The molecule has 2 aromatic rings. The fraction of sp³-hybridized carbons (Fsp3) is 0.667. The smallest absolute Gasteiger partial charge is 0.407 e. The molecule has 4 heterocycles. The van der Waals surface area contributed by atoms with E-state index in [0.717, 1.165) is 92.1 Å². The molecule has 9 rings (SSSR count). The number of carbonyl (C=O) groups is 3. The number of nitrogens with zero attached hydrogens (tertiary/aromatic N) is 2. The number of sulfonamides is 1. The van der Waals surface area contributed by atoms with Crippen molar-refractivity contribution in [2.75, 3.05) is 13.1 Å². The Morgan fingerprint density at radius 2 is 1.82 bits per heavy atom. The molecule has 5 unspecified atom stereocenters. The van der Waals surface area contributed by atoms with Gasteiger partial charge < -0.3 is 20.1 Å². The summed E-state index contributed by atoms with van der Waals surface area (Å²) in [7, 11) is -3.93. The lowest BCUT2D eigenvalue weighted by Gasteiger charge is -2.48. The number of allylic oxidation sites excluding steroid dienone is 1. The van der Waals surface area contributed by atoms with Crippen LogP contribution in [0.3, 0.4) is 0 Å². The summed E-state index contributed by atoms with van der Waals surface area (Å²) in [4.78, 5) is 49.5. The van der Waals surface area contributed by atoms with E-state index in [-0.39, 0.29) is 29.6 Å². The molecule has 55 heavy (non-hydrogen) atoms. The maximum Gasteiger partial charge on any atom is 0.407 e. The van der Waals surface area contributed by atoms with Crippen LogP contribution in [0, 0.1) is 18.8 Å². The van der Waals surface area contributed by atoms with Crippen molar-refractivity contribution in [2.45, 2.75) is 150 Å². The third-order valence-electron chi connectivity index (χ3n) is 14.1. The Kier molecular flexibility index (Phi) is 9.03. The maximum absolute atomic E-state index is 14.8. The van der Waals surface area contributed by atoms with E-state index in [2.05, 4.69) is 32.4 Å². The highest BCUT2D eigenvalue weighted by molar-refractivity contribution is 7.91. The van der Waals surface area contributed by atoms with Crippen LogP contribution in [0.25, 0.3) is 10.9 Å². The van der Waals surface area contributed by atoms with Crippen LogP contribution < -0.4 is 20.1 Å². The lowest BCUT2D eigenvalue weighted by atomic mass is 9.65. The van der Waals surface area contributed by atoms with Crippen LogP contribution in [0.1, 0.15) is 114 Å². The molecule has 3 amide bonds. The first kappa shape index (κ1) is 36.9. The normalized spacial score (nSPS) is 32.6. The van der Waals surface area contributed by atoms with Gasteiger partial charge in [-0.05, 0) is 109 Å². The molecule has 3 aliphatic heterocycles. The Morgan fingerprint density at radius 1 is 1.02 bits per heavy atom. The Hall–Kier alpha value is -3.71. The van der Waals surface area contributed by atoms with Gasteiger partial charge in [-0.25, -0.2) is 18.2 Å². The number of benzene rings is 1. The van der Waals surface area contributed by atoms with Gasteiger partial charge in [0.25, 0.3) is 5.91 Å². The molecule has 1 spiro atoms. The number of carbonyl (C=O) groups excluding carboxylic acids is 3. The number of aromatic nitrogens is 1. The lowest BCUT2D eigenvalue weighted by Crippen LogP contribution is -2.70. The largest absolute Gasteiger partial charge is 0.484 e. The summed E-state index contributed by atoms with van der Waals surface area (Å²) in [5.74, 6) is -0.0986. The number of hydrogen-bond acceptors (Lipinski definition) is 9. The number of fused-ring (bicyclic) bond motifs is 5. The topological polar surface area (TPSA) is 156 Å². The summed E-state index contributed by atoms with van der Waals surface area (Å²) < 4.78 is 41.2. The summed E-state index contributed by atoms with van der Waals surface area (Å²) in [6, 6.07) is 7.14. The van der Waals surface area contributed by atoms with Gasteiger partial charge in [0.1, 0.15) is 22.5 Å². The zero-order valence-corrected chi connectivity index (χ0v) is 33.0. The predicted octanol–water partition coefficient (Wildman–Crippen LogP) is 5.50. The maximum atomic E-state index is 14.8. The number of aryl methyl sites for hydroxylation is 2. The lowest BCUT2D eigenvalue weighted by molar-refractivity contribution is -0.140. The average molecular weight is 774 g/mol. The summed E-state index contributed by atoms with van der Waals surface area (Å²) in [6.45, 7) is 4.48. The summed E-state index contributed by atoms with van der Waals surface area (Å²) >= 11 is 0. The van der Waals surface area contributed by atoms with E-state index in [9.17, 15) is 22.8 Å². The van der Waals surface area contributed by atoms with Gasteiger partial charge in [-0.15, -0.1) is 0 Å². The van der Waals surface area contributed by atoms with E-state index in [1.807, 2.05) is 31.2 Å². The van der Waals surface area contributed by atoms with E-state index in [1.165, 1.54) is 0 Å². The van der Waals surface area contributed by atoms with E-state index >= 15 is 0 Å². The average Bonchev–Trinajstić information content (AvgIpc) is 4.03. The molecule has 13 heteroatoms. The predicted molar refractivity (Wildman–Crippen MR) is 207 cm³/mol. The van der Waals surface area contributed by atoms with E-state index in [0.29, 0.717) is 57.5 Å². The minimum atomic E-state index is -3.93. The second kappa shape index (κ2) is 13.5. The van der Waals surface area contributed by atoms with Crippen molar-refractivity contribution in [3.8, 4) is 5.75 Å². The molecule has 4 saturated carbocycles. The number of nitrogens with one attached hydrogen (secondary N) is 3. The Bertz CT molecular complexity index is 2040. The molecule has 3 N–H and O–H groups in total. The summed E-state index contributed by atoms with van der Waals surface area (Å²) in [5.41, 5.74) is 0.448. The third kappa shape index (κ3) is 6.80. The monoisotopic (exact) mass is 773 g/mol. The van der Waals surface area contributed by atoms with Gasteiger partial charge in [0.05, 0.1) is 22.0 Å². The second-order valence-electron chi connectivity index (χ2n) is 18.1. The Morgan fingerprint density at radius 3 is 2.55 bits per heavy atom. The van der Waals surface area contributed by atoms with Crippen LogP contribution >= 0.6 is 0 Å². The highest BCUT2D eigenvalue weighted by Gasteiger charge is 2.60. The molecule has 5 atom stereocenters. The molecule has 0 bridgehead atoms. The van der Waals surface area contributed by atoms with Gasteiger partial charge in [-0.3, -0.25) is 19.2 Å². The molecule has 0 radical (unpaired) electrons. The minimum Gasteiger partial charge on any atom is -0.484 e. The van der Waals surface area contributed by atoms with Crippen molar-refractivity contribution in [3.05, 3.63) is 47.7 Å². The number of alkyl carbamates (subject to hydrolysis) is 1. The quantitative estimate of drug-likeness (QED) is 0.323. The van der Waals surface area contributed by atoms with Gasteiger partial charge >= 0.3 is 6.09 Å². The summed E-state index contributed by atoms with van der Waals surface area (Å²) in [6.07, 6.45) is 15.9. The highest BCUT2D eigenvalue weighted by atomic mass is 32.2. The van der Waals surface area contributed by atoms with E-state index in [4.69, 9.17) is 14.5 Å². The van der Waals surface area contributed by atoms with Crippen molar-refractivity contribution in [3.63, 3.8) is 0 Å². The fourth-order valence-corrected chi connectivity index (χ4v) is 11.2. The zero-order valence-electron chi connectivity index (χ0n) is 32.2. The molecule has 5 fully saturated rings. The number of ether oxygens (including phenoxy) is 2. The second-order valence-corrected chi connectivity index (χ2v) is 20.3. The van der Waals surface area contributed by atoms with Crippen molar-refractivity contribution in [1.29, 1.82) is 0 Å². The number of hydrogen-bond donors (Lipinski definition) is 3. The van der Waals surface area contributed by atoms with Crippen molar-refractivity contribution in [1.82, 2.24) is 25.2 Å². The standard InChI is InChI=1S/C42H55N5O7S/c1-27-35-32(31-12-8-9-13-33(31)43-27)17-18-40(53-35)24-34-36(48)45-42(37(49)46-55(51,52)39(2)20-21-39)19-16-29(42)10-6-4-3-5-7-11-30(25-47(34)26-40)44-38(50)54-41(22-23-41)28-14-15-28/h6,8-10,12-13,28-30,34H,3-5,7,11,14-26H2,1-2H3,(H,44,50)(H,45,48)(H,46,49). The third-order valence-corrected chi connectivity index (χ3v) is 16.2. The highest BCUT2D eigenvalue weighted by Crippen LogP contribution is 2.56. The van der Waals surface area contributed by atoms with Gasteiger partial charge in [0.2, 0.25) is 15.9 Å². The van der Waals surface area contributed by atoms with E-state index < -0.39 is 37.9 Å². The van der Waals surface area contributed by atoms with Crippen LogP contribution in [-0.2, 0) is 30.8 Å². The molecule has 296 valence electrons. The number of para-hydroxylation sites is 1. The van der Waals surface area contributed by atoms with Crippen LogP contribution in [0.4, 0.5) is 4.79 Å². The first-order valence-electron chi connectivity index (χ1n) is 20.7. The zero-order chi connectivity index (χ0) is 38.2. The number of amides is 3. The fourth-order valence-electron chi connectivity index (χ4n) is 9.86. The Labute approximate surface area is 324 Å². The molecule has 1 aromatic carbocycles. The molecule has 7 aliphatic rings. The SMILES string of the molecule is Cc1nc2ccccc2c2c1OC1(CC2)CC2C(=O)NC3(C(=O)NS(=O)(=O)C4(C)CC4)CCC3C=CCCCCCC(NC(=O)OC3(C4CC4)CC3)CN2C1. The molecular weight excluding hydrogens is 719 g/mol. The Balaban J connectivity index is 1.03. The molecule has 1 saturated heterocycles. The molecule has 1 aromatic heterocycles. The first-order valence-corrected chi connectivity index (χ1v) is 22.2. The van der Waals surface area contributed by atoms with Gasteiger partial charge in [-0.1, -0.05) is 43.2 Å². The molecule has 12 nitrogen and oxygen atoms in total. The van der Waals surface area contributed by atoms with Crippen LogP contribution in [0.5, 0.6) is 5.75 Å². The minimum absolute atomic E-state index is 0.269. The van der Waals surface area contributed by atoms with Crippen molar-refractivity contribution >= 4 is 38.8 Å². The number of pyridine rings is 1. The van der Waals surface area contributed by atoms with Gasteiger partial charge in [0.15, 0.2) is 0 Å². The van der Waals surface area contributed by atoms with E-state index in [1.54, 1.807) is 6.92 Å². The van der Waals surface area contributed by atoms with Crippen molar-refractivity contribution in [2.24, 2.45) is 11.8 Å². The van der Waals surface area contributed by atoms with Crippen molar-refractivity contribution < 1.29 is 32.3 Å². The molecule has 4 aliphatic carbocycles. The van der Waals surface area contributed by atoms with Gasteiger partial charge in [0, 0.05) is 42.4 Å².